The number of carbonyl (C=O) groups is 1. The SMILES string of the molecule is Cc1cccc(C(=O)[C@@H]2c3cnn(-c4ccc(F)cc4)c3C=C3CCN(S(=O)(=O)c4cnn(C)c4)CC32)c1. The molecule has 1 saturated heterocycles. The van der Waals surface area contributed by atoms with Gasteiger partial charge in [0.1, 0.15) is 10.7 Å². The smallest absolute Gasteiger partial charge is 0.246 e. The van der Waals surface area contributed by atoms with Crippen LogP contribution in [0.5, 0.6) is 0 Å². The molecule has 0 saturated carbocycles. The molecule has 0 radical (unpaired) electrons. The Morgan fingerprint density at radius 2 is 1.87 bits per heavy atom. The zero-order chi connectivity index (χ0) is 26.6. The van der Waals surface area contributed by atoms with Crippen LogP contribution < -0.4 is 0 Å². The average molecular weight is 532 g/mol. The van der Waals surface area contributed by atoms with Crippen molar-refractivity contribution in [2.24, 2.45) is 13.0 Å². The minimum Gasteiger partial charge on any atom is -0.293 e. The maximum absolute atomic E-state index is 14.1. The number of piperidine rings is 1. The molecule has 1 aliphatic heterocycles. The van der Waals surface area contributed by atoms with Gasteiger partial charge in [0.15, 0.2) is 5.78 Å². The van der Waals surface area contributed by atoms with E-state index < -0.39 is 15.9 Å². The first-order valence-electron chi connectivity index (χ1n) is 12.4. The fraction of sp³-hybridized carbons (Fsp3) is 0.250. The zero-order valence-corrected chi connectivity index (χ0v) is 21.8. The Bertz CT molecular complexity index is 1690. The van der Waals surface area contributed by atoms with Gasteiger partial charge in [-0.1, -0.05) is 29.3 Å². The van der Waals surface area contributed by atoms with Gasteiger partial charge in [0.05, 0.1) is 29.7 Å². The molecule has 2 aromatic heterocycles. The molecule has 10 heteroatoms. The van der Waals surface area contributed by atoms with Crippen LogP contribution in [0, 0.1) is 18.7 Å². The summed E-state index contributed by atoms with van der Waals surface area (Å²) in [6.45, 7) is 2.40. The van der Waals surface area contributed by atoms with Crippen LogP contribution in [0.4, 0.5) is 4.39 Å². The molecule has 0 N–H and O–H groups in total. The highest BCUT2D eigenvalue weighted by Crippen LogP contribution is 2.45. The molecule has 0 spiro atoms. The zero-order valence-electron chi connectivity index (χ0n) is 21.0. The molecule has 2 atom stereocenters. The molecule has 2 aromatic carbocycles. The van der Waals surface area contributed by atoms with Gasteiger partial charge in [0, 0.05) is 43.4 Å². The van der Waals surface area contributed by atoms with Crippen LogP contribution in [0.25, 0.3) is 11.8 Å². The summed E-state index contributed by atoms with van der Waals surface area (Å²) in [6, 6.07) is 13.5. The van der Waals surface area contributed by atoms with Gasteiger partial charge in [-0.25, -0.2) is 17.5 Å². The van der Waals surface area contributed by atoms with Gasteiger partial charge in [0.2, 0.25) is 10.0 Å². The van der Waals surface area contributed by atoms with E-state index in [0.717, 1.165) is 22.4 Å². The number of benzene rings is 2. The van der Waals surface area contributed by atoms with Crippen molar-refractivity contribution in [3.63, 3.8) is 0 Å². The predicted octanol–water partition coefficient (Wildman–Crippen LogP) is 4.13. The summed E-state index contributed by atoms with van der Waals surface area (Å²) >= 11 is 0. The minimum absolute atomic E-state index is 0.0789. The maximum atomic E-state index is 14.1. The van der Waals surface area contributed by atoms with E-state index in [1.54, 1.807) is 36.1 Å². The van der Waals surface area contributed by atoms with E-state index in [4.69, 9.17) is 0 Å². The Morgan fingerprint density at radius 1 is 1.08 bits per heavy atom. The monoisotopic (exact) mass is 531 g/mol. The second-order valence-corrected chi connectivity index (χ2v) is 11.8. The number of sulfonamides is 1. The van der Waals surface area contributed by atoms with Crippen molar-refractivity contribution in [1.29, 1.82) is 0 Å². The molecular formula is C28H26FN5O3S. The number of nitrogens with zero attached hydrogens (tertiary/aromatic N) is 5. The lowest BCUT2D eigenvalue weighted by molar-refractivity contribution is 0.0922. The van der Waals surface area contributed by atoms with Gasteiger partial charge < -0.3 is 0 Å². The number of fused-ring (bicyclic) bond motifs is 2. The Balaban J connectivity index is 1.44. The molecule has 8 nitrogen and oxygen atoms in total. The summed E-state index contributed by atoms with van der Waals surface area (Å²) in [5.74, 6) is -1.39. The number of hydrogen-bond acceptors (Lipinski definition) is 5. The number of hydrogen-bond donors (Lipinski definition) is 0. The van der Waals surface area contributed by atoms with Gasteiger partial charge in [-0.2, -0.15) is 14.5 Å². The van der Waals surface area contributed by atoms with E-state index in [1.165, 1.54) is 33.5 Å². The molecule has 194 valence electrons. The molecule has 4 aromatic rings. The van der Waals surface area contributed by atoms with E-state index >= 15 is 0 Å². The van der Waals surface area contributed by atoms with Crippen LogP contribution in [0.3, 0.4) is 0 Å². The van der Waals surface area contributed by atoms with Gasteiger partial charge in [-0.05, 0) is 49.8 Å². The molecule has 38 heavy (non-hydrogen) atoms. The summed E-state index contributed by atoms with van der Waals surface area (Å²) in [7, 11) is -2.10. The van der Waals surface area contributed by atoms with E-state index in [2.05, 4.69) is 10.2 Å². The van der Waals surface area contributed by atoms with Crippen LogP contribution in [-0.4, -0.2) is 51.2 Å². The fourth-order valence-corrected chi connectivity index (χ4v) is 6.95. The molecule has 3 heterocycles. The first-order chi connectivity index (χ1) is 18.2. The van der Waals surface area contributed by atoms with Gasteiger partial charge in [-0.3, -0.25) is 9.48 Å². The number of aromatic nitrogens is 4. The summed E-state index contributed by atoms with van der Waals surface area (Å²) < 4.78 is 45.1. The van der Waals surface area contributed by atoms with Crippen molar-refractivity contribution < 1.29 is 17.6 Å². The standard InChI is InChI=1S/C28H26FN5O3S/c1-18-4-3-5-20(12-18)28(35)27-24-15-31-34(22-8-6-21(29)7-9-22)26(24)13-19-10-11-33(17-25(19)27)38(36,37)23-14-30-32(2)16-23/h3-9,12-16,25,27H,10-11,17H2,1-2H3/t25?,27-/m1/s1. The lowest BCUT2D eigenvalue weighted by Crippen LogP contribution is -2.44. The number of Topliss-reactive ketones (excluding diaryl/α,β-unsaturated/α-hetero) is 1. The number of halogens is 1. The molecule has 0 bridgehead atoms. The molecule has 0 amide bonds. The van der Waals surface area contributed by atoms with Crippen molar-refractivity contribution in [3.8, 4) is 5.69 Å². The van der Waals surface area contributed by atoms with E-state index in [-0.39, 0.29) is 29.0 Å². The number of ketones is 1. The third kappa shape index (κ3) is 4.10. The highest BCUT2D eigenvalue weighted by Gasteiger charge is 2.44. The normalized spacial score (nSPS) is 19.5. The summed E-state index contributed by atoms with van der Waals surface area (Å²) in [5.41, 5.74) is 4.72. The van der Waals surface area contributed by atoms with Crippen molar-refractivity contribution >= 4 is 21.9 Å². The third-order valence-electron chi connectivity index (χ3n) is 7.40. The Labute approximate surface area is 220 Å². The number of rotatable bonds is 5. The average Bonchev–Trinajstić information content (AvgIpc) is 3.54. The van der Waals surface area contributed by atoms with E-state index in [9.17, 15) is 17.6 Å². The fourth-order valence-electron chi connectivity index (χ4n) is 5.50. The molecule has 1 unspecified atom stereocenters. The third-order valence-corrected chi connectivity index (χ3v) is 9.22. The Morgan fingerprint density at radius 3 is 2.58 bits per heavy atom. The highest BCUT2D eigenvalue weighted by atomic mass is 32.2. The van der Waals surface area contributed by atoms with E-state index in [0.29, 0.717) is 24.2 Å². The highest BCUT2D eigenvalue weighted by molar-refractivity contribution is 7.89. The van der Waals surface area contributed by atoms with Gasteiger partial charge in [0.25, 0.3) is 0 Å². The lowest BCUT2D eigenvalue weighted by Gasteiger charge is -2.39. The predicted molar refractivity (Wildman–Crippen MR) is 140 cm³/mol. The van der Waals surface area contributed by atoms with Gasteiger partial charge in [-0.15, -0.1) is 0 Å². The second-order valence-electron chi connectivity index (χ2n) is 9.87. The number of aryl methyl sites for hydroxylation is 2. The summed E-state index contributed by atoms with van der Waals surface area (Å²) in [6.07, 6.45) is 7.02. The largest absolute Gasteiger partial charge is 0.293 e. The van der Waals surface area contributed by atoms with Crippen LogP contribution in [0.1, 0.15) is 39.5 Å². The van der Waals surface area contributed by atoms with Crippen LogP contribution in [0.2, 0.25) is 0 Å². The summed E-state index contributed by atoms with van der Waals surface area (Å²) in [5, 5.41) is 8.60. The van der Waals surface area contributed by atoms with Gasteiger partial charge >= 0.3 is 0 Å². The van der Waals surface area contributed by atoms with E-state index in [1.807, 2.05) is 31.2 Å². The molecular weight excluding hydrogens is 505 g/mol. The van der Waals surface area contributed by atoms with Crippen molar-refractivity contribution in [3.05, 3.63) is 101 Å². The Hall–Kier alpha value is -3.89. The topological polar surface area (TPSA) is 90.1 Å². The van der Waals surface area contributed by atoms with Crippen LogP contribution >= 0.6 is 0 Å². The van der Waals surface area contributed by atoms with Crippen LogP contribution in [-0.2, 0) is 17.1 Å². The molecule has 6 rings (SSSR count). The first kappa shape index (κ1) is 24.4. The lowest BCUT2D eigenvalue weighted by atomic mass is 9.71. The molecule has 1 aliphatic carbocycles. The minimum atomic E-state index is -3.78. The van der Waals surface area contributed by atoms with Crippen molar-refractivity contribution in [2.75, 3.05) is 13.1 Å². The summed E-state index contributed by atoms with van der Waals surface area (Å²) in [4.78, 5) is 14.2. The van der Waals surface area contributed by atoms with Crippen LogP contribution in [0.15, 0.2) is 77.6 Å². The second kappa shape index (κ2) is 9.14. The number of carbonyl (C=O) groups excluding carboxylic acids is 1. The first-order valence-corrected chi connectivity index (χ1v) is 13.8. The molecule has 1 fully saturated rings. The molecule has 2 aliphatic rings. The Kier molecular flexibility index (Phi) is 5.88. The maximum Gasteiger partial charge on any atom is 0.246 e. The van der Waals surface area contributed by atoms with Crippen molar-refractivity contribution in [1.82, 2.24) is 23.9 Å². The van der Waals surface area contributed by atoms with Crippen molar-refractivity contribution in [2.45, 2.75) is 24.2 Å². The quantitative estimate of drug-likeness (QED) is 0.361.